The van der Waals surface area contributed by atoms with Gasteiger partial charge in [-0.15, -0.1) is 0 Å². The number of aromatic nitrogens is 1. The molecular weight excluding hydrogens is 278 g/mol. The molecule has 1 aromatic rings. The van der Waals surface area contributed by atoms with E-state index in [1.165, 1.54) is 0 Å². The summed E-state index contributed by atoms with van der Waals surface area (Å²) in [5.74, 6) is 1.01. The molecule has 2 aliphatic rings. The van der Waals surface area contributed by atoms with Gasteiger partial charge in [0.1, 0.15) is 11.9 Å². The SMILES string of the molecule is N#Cc1cccnc1N1CCN(CC(=O)N2CCCC2)CC1. The third-order valence-electron chi connectivity index (χ3n) is 4.40. The summed E-state index contributed by atoms with van der Waals surface area (Å²) in [5.41, 5.74) is 0.615. The summed E-state index contributed by atoms with van der Waals surface area (Å²) in [6.07, 6.45) is 3.99. The van der Waals surface area contributed by atoms with Crippen molar-refractivity contribution < 1.29 is 4.79 Å². The summed E-state index contributed by atoms with van der Waals surface area (Å²) in [6.45, 7) is 5.62. The first kappa shape index (κ1) is 14.8. The van der Waals surface area contributed by atoms with Crippen LogP contribution in [0.4, 0.5) is 5.82 Å². The first-order valence-corrected chi connectivity index (χ1v) is 7.88. The van der Waals surface area contributed by atoms with E-state index in [1.807, 2.05) is 4.90 Å². The highest BCUT2D eigenvalue weighted by atomic mass is 16.2. The maximum absolute atomic E-state index is 12.2. The normalized spacial score (nSPS) is 19.2. The number of hydrogen-bond donors (Lipinski definition) is 0. The molecule has 1 amide bonds. The van der Waals surface area contributed by atoms with E-state index in [-0.39, 0.29) is 5.91 Å². The smallest absolute Gasteiger partial charge is 0.236 e. The number of hydrogen-bond acceptors (Lipinski definition) is 5. The van der Waals surface area contributed by atoms with Gasteiger partial charge in [-0.25, -0.2) is 4.98 Å². The summed E-state index contributed by atoms with van der Waals surface area (Å²) < 4.78 is 0. The van der Waals surface area contributed by atoms with E-state index < -0.39 is 0 Å². The molecule has 0 aliphatic carbocycles. The molecule has 0 aromatic carbocycles. The number of nitriles is 1. The van der Waals surface area contributed by atoms with Gasteiger partial charge in [-0.2, -0.15) is 5.26 Å². The predicted molar refractivity (Wildman–Crippen MR) is 83.4 cm³/mol. The number of carbonyl (C=O) groups is 1. The lowest BCUT2D eigenvalue weighted by Crippen LogP contribution is -2.50. The molecule has 3 rings (SSSR count). The number of piperazine rings is 1. The van der Waals surface area contributed by atoms with Crippen LogP contribution in [0.5, 0.6) is 0 Å². The Kier molecular flexibility index (Phi) is 4.54. The molecule has 1 aromatic heterocycles. The molecule has 116 valence electrons. The van der Waals surface area contributed by atoms with Crippen LogP contribution in [0.3, 0.4) is 0 Å². The molecule has 0 radical (unpaired) electrons. The van der Waals surface area contributed by atoms with Gasteiger partial charge in [0, 0.05) is 45.5 Å². The molecule has 0 N–H and O–H groups in total. The molecule has 0 unspecified atom stereocenters. The number of pyridine rings is 1. The Hall–Kier alpha value is -2.13. The summed E-state index contributed by atoms with van der Waals surface area (Å²) in [6, 6.07) is 5.78. The molecule has 0 atom stereocenters. The van der Waals surface area contributed by atoms with Gasteiger partial charge >= 0.3 is 0 Å². The number of nitrogens with zero attached hydrogens (tertiary/aromatic N) is 5. The summed E-state index contributed by atoms with van der Waals surface area (Å²) >= 11 is 0. The maximum Gasteiger partial charge on any atom is 0.236 e. The molecule has 2 fully saturated rings. The Balaban J connectivity index is 1.54. The van der Waals surface area contributed by atoms with E-state index in [4.69, 9.17) is 5.26 Å². The van der Waals surface area contributed by atoms with Gasteiger partial charge in [-0.05, 0) is 25.0 Å². The Bertz CT molecular complexity index is 568. The molecule has 3 heterocycles. The second kappa shape index (κ2) is 6.75. The van der Waals surface area contributed by atoms with E-state index >= 15 is 0 Å². The van der Waals surface area contributed by atoms with Crippen molar-refractivity contribution in [3.05, 3.63) is 23.9 Å². The minimum absolute atomic E-state index is 0.251. The van der Waals surface area contributed by atoms with Crippen LogP contribution >= 0.6 is 0 Å². The fourth-order valence-corrected chi connectivity index (χ4v) is 3.11. The Labute approximate surface area is 130 Å². The van der Waals surface area contributed by atoms with Crippen LogP contribution in [0.2, 0.25) is 0 Å². The third-order valence-corrected chi connectivity index (χ3v) is 4.40. The Morgan fingerprint density at radius 1 is 1.18 bits per heavy atom. The average Bonchev–Trinajstić information content (AvgIpc) is 3.10. The van der Waals surface area contributed by atoms with Crippen molar-refractivity contribution in [2.75, 3.05) is 50.7 Å². The largest absolute Gasteiger partial charge is 0.353 e. The van der Waals surface area contributed by atoms with Crippen molar-refractivity contribution in [3.63, 3.8) is 0 Å². The van der Waals surface area contributed by atoms with Gasteiger partial charge in [-0.1, -0.05) is 0 Å². The monoisotopic (exact) mass is 299 g/mol. The van der Waals surface area contributed by atoms with Gasteiger partial charge in [0.2, 0.25) is 5.91 Å². The topological polar surface area (TPSA) is 63.5 Å². The minimum Gasteiger partial charge on any atom is -0.353 e. The molecule has 0 spiro atoms. The summed E-state index contributed by atoms with van der Waals surface area (Å²) in [4.78, 5) is 22.8. The lowest BCUT2D eigenvalue weighted by Gasteiger charge is -2.35. The second-order valence-electron chi connectivity index (χ2n) is 5.84. The van der Waals surface area contributed by atoms with Crippen molar-refractivity contribution in [3.8, 4) is 6.07 Å². The Morgan fingerprint density at radius 2 is 1.91 bits per heavy atom. The van der Waals surface area contributed by atoms with E-state index in [2.05, 4.69) is 20.9 Å². The van der Waals surface area contributed by atoms with Crippen LogP contribution in [0.25, 0.3) is 0 Å². The van der Waals surface area contributed by atoms with E-state index in [1.54, 1.807) is 18.3 Å². The van der Waals surface area contributed by atoms with Crippen molar-refractivity contribution >= 4 is 11.7 Å². The van der Waals surface area contributed by atoms with Gasteiger partial charge in [0.25, 0.3) is 0 Å². The molecule has 0 saturated carbocycles. The molecular formula is C16H21N5O. The van der Waals surface area contributed by atoms with Crippen LogP contribution in [0.1, 0.15) is 18.4 Å². The standard InChI is InChI=1S/C16H21N5O/c17-12-14-4-3-5-18-16(14)21-10-8-19(9-11-21)13-15(22)20-6-1-2-7-20/h3-5H,1-2,6-11,13H2. The van der Waals surface area contributed by atoms with Crippen LogP contribution in [0, 0.1) is 11.3 Å². The molecule has 0 bridgehead atoms. The van der Waals surface area contributed by atoms with Crippen molar-refractivity contribution in [1.82, 2.24) is 14.8 Å². The highest BCUT2D eigenvalue weighted by Gasteiger charge is 2.24. The van der Waals surface area contributed by atoms with Gasteiger partial charge < -0.3 is 9.80 Å². The molecule has 22 heavy (non-hydrogen) atoms. The van der Waals surface area contributed by atoms with E-state index in [0.29, 0.717) is 12.1 Å². The summed E-state index contributed by atoms with van der Waals surface area (Å²) in [5, 5.41) is 9.16. The van der Waals surface area contributed by atoms with Crippen molar-refractivity contribution in [2.45, 2.75) is 12.8 Å². The highest BCUT2D eigenvalue weighted by Crippen LogP contribution is 2.18. The lowest BCUT2D eigenvalue weighted by atomic mass is 10.2. The zero-order valence-corrected chi connectivity index (χ0v) is 12.7. The van der Waals surface area contributed by atoms with Crippen LogP contribution in [0.15, 0.2) is 18.3 Å². The zero-order valence-electron chi connectivity index (χ0n) is 12.7. The van der Waals surface area contributed by atoms with Gasteiger partial charge in [-0.3, -0.25) is 9.69 Å². The molecule has 2 aliphatic heterocycles. The number of rotatable bonds is 3. The fourth-order valence-electron chi connectivity index (χ4n) is 3.11. The van der Waals surface area contributed by atoms with Gasteiger partial charge in [0.05, 0.1) is 12.1 Å². The first-order chi connectivity index (χ1) is 10.8. The van der Waals surface area contributed by atoms with Crippen LogP contribution in [-0.2, 0) is 4.79 Å². The van der Waals surface area contributed by atoms with Crippen LogP contribution < -0.4 is 4.90 Å². The zero-order chi connectivity index (χ0) is 15.4. The minimum atomic E-state index is 0.251. The average molecular weight is 299 g/mol. The fraction of sp³-hybridized carbons (Fsp3) is 0.562. The summed E-state index contributed by atoms with van der Waals surface area (Å²) in [7, 11) is 0. The highest BCUT2D eigenvalue weighted by molar-refractivity contribution is 5.78. The molecule has 2 saturated heterocycles. The number of carbonyl (C=O) groups excluding carboxylic acids is 1. The third kappa shape index (κ3) is 3.20. The maximum atomic E-state index is 12.2. The lowest BCUT2D eigenvalue weighted by molar-refractivity contribution is -0.131. The van der Waals surface area contributed by atoms with Crippen LogP contribution in [-0.4, -0.2) is 66.5 Å². The van der Waals surface area contributed by atoms with Gasteiger partial charge in [0.15, 0.2) is 0 Å². The molecule has 6 nitrogen and oxygen atoms in total. The van der Waals surface area contributed by atoms with E-state index in [0.717, 1.165) is 57.9 Å². The second-order valence-corrected chi connectivity index (χ2v) is 5.84. The van der Waals surface area contributed by atoms with Crippen molar-refractivity contribution in [1.29, 1.82) is 5.26 Å². The number of likely N-dealkylation sites (tertiary alicyclic amines) is 1. The number of amides is 1. The Morgan fingerprint density at radius 3 is 2.59 bits per heavy atom. The van der Waals surface area contributed by atoms with Crippen molar-refractivity contribution in [2.24, 2.45) is 0 Å². The predicted octanol–water partition coefficient (Wildman–Crippen LogP) is 0.698. The quantitative estimate of drug-likeness (QED) is 0.822. The molecule has 6 heteroatoms. The van der Waals surface area contributed by atoms with E-state index in [9.17, 15) is 4.79 Å². The number of anilines is 1. The first-order valence-electron chi connectivity index (χ1n) is 7.88.